The highest BCUT2D eigenvalue weighted by Gasteiger charge is 2.46. The molecule has 2 aromatic heterocycles. The zero-order chi connectivity index (χ0) is 13.7. The number of amides is 2. The molecule has 0 bridgehead atoms. The average molecular weight is 302 g/mol. The van der Waals surface area contributed by atoms with Gasteiger partial charge in [0.15, 0.2) is 0 Å². The third-order valence-corrected chi connectivity index (χ3v) is 5.44. The number of rotatable bonds is 2. The van der Waals surface area contributed by atoms with Crippen molar-refractivity contribution in [2.24, 2.45) is 0 Å². The molecule has 0 aliphatic carbocycles. The summed E-state index contributed by atoms with van der Waals surface area (Å²) >= 11 is 3.09. The van der Waals surface area contributed by atoms with Crippen molar-refractivity contribution in [3.05, 3.63) is 55.9 Å². The molecule has 2 amide bonds. The zero-order valence-electron chi connectivity index (χ0n) is 10.3. The third kappa shape index (κ3) is 1.58. The SMILES string of the molecule is O=C1NC(c2cccs2)C2=C1C(c1cccs1)NC2=O. The van der Waals surface area contributed by atoms with E-state index >= 15 is 0 Å². The molecule has 0 fully saturated rings. The van der Waals surface area contributed by atoms with Gasteiger partial charge in [-0.05, 0) is 22.9 Å². The van der Waals surface area contributed by atoms with Gasteiger partial charge >= 0.3 is 0 Å². The summed E-state index contributed by atoms with van der Waals surface area (Å²) in [6, 6.07) is 7.13. The van der Waals surface area contributed by atoms with Crippen molar-refractivity contribution in [3.63, 3.8) is 0 Å². The van der Waals surface area contributed by atoms with E-state index in [1.807, 2.05) is 35.0 Å². The second-order valence-corrected chi connectivity index (χ2v) is 6.63. The standard InChI is InChI=1S/C14H10N2O2S2/c17-13-9-10(12(16-13)8-4-2-6-20-8)14(18)15-11(9)7-3-1-5-19-7/h1-6,11-12H,(H,15,18)(H,16,17). The maximum Gasteiger partial charge on any atom is 0.251 e. The van der Waals surface area contributed by atoms with Crippen LogP contribution in [-0.2, 0) is 9.59 Å². The van der Waals surface area contributed by atoms with Crippen LogP contribution in [0, 0.1) is 0 Å². The number of thiophene rings is 2. The number of hydrogen-bond donors (Lipinski definition) is 2. The van der Waals surface area contributed by atoms with Crippen molar-refractivity contribution in [1.82, 2.24) is 10.6 Å². The molecule has 2 aliphatic heterocycles. The van der Waals surface area contributed by atoms with Gasteiger partial charge in [0.05, 0.1) is 23.2 Å². The molecule has 100 valence electrons. The Bertz CT molecular complexity index is 654. The molecule has 4 rings (SSSR count). The smallest absolute Gasteiger partial charge is 0.251 e. The van der Waals surface area contributed by atoms with Crippen LogP contribution in [0.1, 0.15) is 21.8 Å². The van der Waals surface area contributed by atoms with E-state index in [1.165, 1.54) is 0 Å². The topological polar surface area (TPSA) is 58.2 Å². The average Bonchev–Trinajstić information content (AvgIpc) is 3.17. The Morgan fingerprint density at radius 1 is 0.800 bits per heavy atom. The van der Waals surface area contributed by atoms with Crippen LogP contribution in [0.15, 0.2) is 46.2 Å². The van der Waals surface area contributed by atoms with Crippen molar-refractivity contribution in [2.45, 2.75) is 12.1 Å². The van der Waals surface area contributed by atoms with Gasteiger partial charge in [-0.25, -0.2) is 0 Å². The Labute approximate surface area is 123 Å². The first-order valence-electron chi connectivity index (χ1n) is 6.18. The summed E-state index contributed by atoms with van der Waals surface area (Å²) in [6.45, 7) is 0. The van der Waals surface area contributed by atoms with Gasteiger partial charge in [0.25, 0.3) is 11.8 Å². The highest BCUT2D eigenvalue weighted by molar-refractivity contribution is 7.10. The van der Waals surface area contributed by atoms with E-state index in [2.05, 4.69) is 10.6 Å². The number of carbonyl (C=O) groups excluding carboxylic acids is 2. The minimum Gasteiger partial charge on any atom is -0.340 e. The number of nitrogens with one attached hydrogen (secondary N) is 2. The first-order chi connectivity index (χ1) is 9.75. The van der Waals surface area contributed by atoms with E-state index in [0.29, 0.717) is 11.1 Å². The van der Waals surface area contributed by atoms with Gasteiger partial charge in [-0.15, -0.1) is 22.7 Å². The molecule has 2 N–H and O–H groups in total. The molecule has 20 heavy (non-hydrogen) atoms. The lowest BCUT2D eigenvalue weighted by molar-refractivity contribution is -0.118. The summed E-state index contributed by atoms with van der Waals surface area (Å²) in [4.78, 5) is 26.5. The van der Waals surface area contributed by atoms with Gasteiger partial charge in [0, 0.05) is 9.75 Å². The molecule has 6 heteroatoms. The lowest BCUT2D eigenvalue weighted by Crippen LogP contribution is -2.32. The summed E-state index contributed by atoms with van der Waals surface area (Å²) in [5.41, 5.74) is 1.16. The first kappa shape index (κ1) is 11.9. The van der Waals surface area contributed by atoms with E-state index in [0.717, 1.165) is 9.75 Å². The second-order valence-electron chi connectivity index (χ2n) is 4.67. The Morgan fingerprint density at radius 2 is 1.25 bits per heavy atom. The van der Waals surface area contributed by atoms with Crippen LogP contribution in [0.4, 0.5) is 0 Å². The van der Waals surface area contributed by atoms with Gasteiger partial charge in [0.1, 0.15) is 0 Å². The molecule has 0 saturated carbocycles. The van der Waals surface area contributed by atoms with Crippen molar-refractivity contribution >= 4 is 34.5 Å². The first-order valence-corrected chi connectivity index (χ1v) is 7.94. The minimum absolute atomic E-state index is 0.143. The predicted octanol–water partition coefficient (Wildman–Crippen LogP) is 2.15. The van der Waals surface area contributed by atoms with Crippen molar-refractivity contribution in [3.8, 4) is 0 Å². The molecule has 4 heterocycles. The summed E-state index contributed by atoms with van der Waals surface area (Å²) in [5, 5.41) is 9.74. The molecule has 2 aromatic rings. The van der Waals surface area contributed by atoms with Crippen LogP contribution in [0.3, 0.4) is 0 Å². The fourth-order valence-electron chi connectivity index (χ4n) is 2.72. The summed E-state index contributed by atoms with van der Waals surface area (Å²) < 4.78 is 0. The van der Waals surface area contributed by atoms with Crippen molar-refractivity contribution in [1.29, 1.82) is 0 Å². The highest BCUT2D eigenvalue weighted by atomic mass is 32.1. The van der Waals surface area contributed by atoms with Crippen LogP contribution >= 0.6 is 22.7 Å². The van der Waals surface area contributed by atoms with Gasteiger partial charge in [-0.3, -0.25) is 9.59 Å². The Balaban J connectivity index is 1.82. The number of hydrogen-bond acceptors (Lipinski definition) is 4. The van der Waals surface area contributed by atoms with E-state index in [9.17, 15) is 9.59 Å². The molecular formula is C14H10N2O2S2. The molecule has 2 unspecified atom stereocenters. The predicted molar refractivity (Wildman–Crippen MR) is 77.4 cm³/mol. The molecule has 0 aromatic carbocycles. The maximum absolute atomic E-state index is 12.3. The van der Waals surface area contributed by atoms with E-state index in [4.69, 9.17) is 0 Å². The number of carbonyl (C=O) groups is 2. The molecule has 0 saturated heterocycles. The van der Waals surface area contributed by atoms with E-state index in [1.54, 1.807) is 22.7 Å². The molecule has 0 radical (unpaired) electrons. The monoisotopic (exact) mass is 302 g/mol. The summed E-state index contributed by atoms with van der Waals surface area (Å²) in [6.07, 6.45) is 0. The Morgan fingerprint density at radius 3 is 1.60 bits per heavy atom. The van der Waals surface area contributed by atoms with E-state index in [-0.39, 0.29) is 23.9 Å². The third-order valence-electron chi connectivity index (χ3n) is 3.56. The van der Waals surface area contributed by atoms with Crippen molar-refractivity contribution < 1.29 is 9.59 Å². The van der Waals surface area contributed by atoms with Crippen LogP contribution in [-0.4, -0.2) is 11.8 Å². The molecular weight excluding hydrogens is 292 g/mol. The Kier molecular flexibility index (Phi) is 2.55. The molecule has 2 aliphatic rings. The van der Waals surface area contributed by atoms with Gasteiger partial charge in [0.2, 0.25) is 0 Å². The van der Waals surface area contributed by atoms with Crippen molar-refractivity contribution in [2.75, 3.05) is 0 Å². The fraction of sp³-hybridized carbons (Fsp3) is 0.143. The Hall–Kier alpha value is -1.92. The second kappa shape index (κ2) is 4.29. The van der Waals surface area contributed by atoms with Crippen LogP contribution in [0.5, 0.6) is 0 Å². The lowest BCUT2D eigenvalue weighted by Gasteiger charge is -2.15. The molecule has 0 spiro atoms. The lowest BCUT2D eigenvalue weighted by atomic mass is 10.0. The van der Waals surface area contributed by atoms with Gasteiger partial charge in [-0.2, -0.15) is 0 Å². The normalized spacial score (nSPS) is 24.8. The molecule has 4 nitrogen and oxygen atoms in total. The zero-order valence-corrected chi connectivity index (χ0v) is 11.9. The summed E-state index contributed by atoms with van der Waals surface area (Å²) in [7, 11) is 0. The molecule has 2 atom stereocenters. The van der Waals surface area contributed by atoms with Crippen LogP contribution in [0.25, 0.3) is 0 Å². The maximum atomic E-state index is 12.3. The highest BCUT2D eigenvalue weighted by Crippen LogP contribution is 2.42. The van der Waals surface area contributed by atoms with Crippen LogP contribution in [0.2, 0.25) is 0 Å². The van der Waals surface area contributed by atoms with E-state index < -0.39 is 0 Å². The quantitative estimate of drug-likeness (QED) is 0.893. The largest absolute Gasteiger partial charge is 0.340 e. The van der Waals surface area contributed by atoms with Crippen LogP contribution < -0.4 is 10.6 Å². The minimum atomic E-state index is -0.303. The summed E-state index contributed by atoms with van der Waals surface area (Å²) in [5.74, 6) is -0.287. The van der Waals surface area contributed by atoms with Gasteiger partial charge < -0.3 is 10.6 Å². The van der Waals surface area contributed by atoms with Gasteiger partial charge in [-0.1, -0.05) is 12.1 Å². The fourth-order valence-corrected chi connectivity index (χ4v) is 4.29.